The van der Waals surface area contributed by atoms with Crippen molar-refractivity contribution in [3.63, 3.8) is 0 Å². The molecule has 3 aromatic heterocycles. The molecular formula is C13H16ClN5S. The van der Waals surface area contributed by atoms with Gasteiger partial charge in [0.25, 0.3) is 0 Å². The molecule has 0 aromatic carbocycles. The predicted octanol–water partition coefficient (Wildman–Crippen LogP) is 3.00. The number of halogens is 1. The van der Waals surface area contributed by atoms with E-state index in [1.807, 2.05) is 17.1 Å². The van der Waals surface area contributed by atoms with E-state index in [0.29, 0.717) is 5.88 Å². The summed E-state index contributed by atoms with van der Waals surface area (Å²) in [6.45, 7) is 5.73. The van der Waals surface area contributed by atoms with E-state index in [1.54, 1.807) is 11.3 Å². The number of aryl methyl sites for hydroxylation is 4. The molecule has 0 aliphatic rings. The minimum absolute atomic E-state index is 0.412. The molecule has 7 heteroatoms. The number of aromatic nitrogens is 5. The van der Waals surface area contributed by atoms with E-state index in [0.717, 1.165) is 47.9 Å². The molecule has 0 amide bonds. The standard InChI is InChI=1S/C13H16ClN5S/c1-3-19-13-12(9(2)17-19)16-11(6-14)18(13)5-4-10-7-20-8-15-10/h7-8H,3-6H2,1-2H3. The fourth-order valence-electron chi connectivity index (χ4n) is 2.41. The first-order chi connectivity index (χ1) is 9.74. The normalized spacial score (nSPS) is 11.6. The summed E-state index contributed by atoms with van der Waals surface area (Å²) < 4.78 is 4.17. The summed E-state index contributed by atoms with van der Waals surface area (Å²) in [5, 5.41) is 6.61. The first-order valence-corrected chi connectivity index (χ1v) is 8.07. The van der Waals surface area contributed by atoms with Crippen LogP contribution in [-0.2, 0) is 25.4 Å². The van der Waals surface area contributed by atoms with Gasteiger partial charge in [-0.25, -0.2) is 14.6 Å². The molecule has 0 bridgehead atoms. The number of hydrogen-bond donors (Lipinski definition) is 0. The van der Waals surface area contributed by atoms with Gasteiger partial charge >= 0.3 is 0 Å². The molecule has 0 radical (unpaired) electrons. The molecule has 3 heterocycles. The molecule has 0 atom stereocenters. The Kier molecular flexibility index (Phi) is 3.76. The molecule has 0 saturated heterocycles. The fourth-order valence-corrected chi connectivity index (χ4v) is 3.21. The van der Waals surface area contributed by atoms with Crippen molar-refractivity contribution < 1.29 is 0 Å². The van der Waals surface area contributed by atoms with Gasteiger partial charge in [-0.05, 0) is 13.8 Å². The van der Waals surface area contributed by atoms with Crippen LogP contribution in [-0.4, -0.2) is 24.3 Å². The van der Waals surface area contributed by atoms with Crippen molar-refractivity contribution in [3.8, 4) is 0 Å². The molecule has 3 rings (SSSR count). The first kappa shape index (κ1) is 13.6. The lowest BCUT2D eigenvalue weighted by molar-refractivity contribution is 0.613. The number of alkyl halides is 1. The van der Waals surface area contributed by atoms with Crippen LogP contribution >= 0.6 is 22.9 Å². The van der Waals surface area contributed by atoms with Crippen LogP contribution in [0.4, 0.5) is 0 Å². The summed E-state index contributed by atoms with van der Waals surface area (Å²) in [6.07, 6.45) is 0.882. The fraction of sp³-hybridized carbons (Fsp3) is 0.462. The van der Waals surface area contributed by atoms with Crippen LogP contribution in [0, 0.1) is 6.92 Å². The predicted molar refractivity (Wildman–Crippen MR) is 81.3 cm³/mol. The summed E-state index contributed by atoms with van der Waals surface area (Å²) in [7, 11) is 0. The van der Waals surface area contributed by atoms with E-state index in [9.17, 15) is 0 Å². The smallest absolute Gasteiger partial charge is 0.158 e. The third kappa shape index (κ3) is 2.23. The SMILES string of the molecule is CCn1nc(C)c2nc(CCl)n(CCc3cscn3)c21. The van der Waals surface area contributed by atoms with E-state index in [4.69, 9.17) is 11.6 Å². The molecule has 3 aromatic rings. The van der Waals surface area contributed by atoms with Gasteiger partial charge in [0, 0.05) is 24.9 Å². The van der Waals surface area contributed by atoms with Crippen LogP contribution in [0.3, 0.4) is 0 Å². The Morgan fingerprint density at radius 2 is 2.25 bits per heavy atom. The van der Waals surface area contributed by atoms with Crippen molar-refractivity contribution in [2.24, 2.45) is 0 Å². The average molecular weight is 310 g/mol. The summed E-state index contributed by atoms with van der Waals surface area (Å²) in [5.74, 6) is 1.31. The molecule has 0 unspecified atom stereocenters. The highest BCUT2D eigenvalue weighted by atomic mass is 35.5. The third-order valence-corrected chi connectivity index (χ3v) is 4.25. The summed E-state index contributed by atoms with van der Waals surface area (Å²) >= 11 is 7.66. The van der Waals surface area contributed by atoms with Crippen molar-refractivity contribution >= 4 is 34.1 Å². The van der Waals surface area contributed by atoms with Gasteiger partial charge in [0.1, 0.15) is 11.3 Å². The van der Waals surface area contributed by atoms with Crippen molar-refractivity contribution in [2.75, 3.05) is 0 Å². The van der Waals surface area contributed by atoms with Gasteiger partial charge in [0.05, 0.1) is 22.8 Å². The molecule has 0 N–H and O–H groups in total. The lowest BCUT2D eigenvalue weighted by atomic mass is 10.3. The maximum atomic E-state index is 6.04. The monoisotopic (exact) mass is 309 g/mol. The van der Waals surface area contributed by atoms with Crippen LogP contribution in [0.15, 0.2) is 10.9 Å². The molecule has 0 saturated carbocycles. The maximum absolute atomic E-state index is 6.04. The molecule has 106 valence electrons. The van der Waals surface area contributed by atoms with Gasteiger partial charge in [-0.3, -0.25) is 0 Å². The van der Waals surface area contributed by atoms with Gasteiger partial charge in [-0.1, -0.05) is 0 Å². The van der Waals surface area contributed by atoms with Crippen molar-refractivity contribution in [1.29, 1.82) is 0 Å². The highest BCUT2D eigenvalue weighted by Crippen LogP contribution is 2.21. The van der Waals surface area contributed by atoms with E-state index in [2.05, 4.69) is 31.9 Å². The van der Waals surface area contributed by atoms with Crippen LogP contribution in [0.1, 0.15) is 24.1 Å². The Morgan fingerprint density at radius 3 is 2.90 bits per heavy atom. The minimum atomic E-state index is 0.412. The first-order valence-electron chi connectivity index (χ1n) is 6.60. The molecule has 0 spiro atoms. The summed E-state index contributed by atoms with van der Waals surface area (Å²) in [4.78, 5) is 8.96. The number of rotatable bonds is 5. The van der Waals surface area contributed by atoms with Gasteiger partial charge < -0.3 is 4.57 Å². The third-order valence-electron chi connectivity index (χ3n) is 3.37. The van der Waals surface area contributed by atoms with E-state index in [1.165, 1.54) is 0 Å². The van der Waals surface area contributed by atoms with Crippen LogP contribution < -0.4 is 0 Å². The lowest BCUT2D eigenvalue weighted by Gasteiger charge is -2.08. The zero-order valence-electron chi connectivity index (χ0n) is 11.5. The van der Waals surface area contributed by atoms with Crippen molar-refractivity contribution in [1.82, 2.24) is 24.3 Å². The number of fused-ring (bicyclic) bond motifs is 1. The molecule has 20 heavy (non-hydrogen) atoms. The van der Waals surface area contributed by atoms with Crippen molar-refractivity contribution in [3.05, 3.63) is 28.1 Å². The maximum Gasteiger partial charge on any atom is 0.158 e. The van der Waals surface area contributed by atoms with Crippen LogP contribution in [0.2, 0.25) is 0 Å². The molecule has 0 aliphatic carbocycles. The van der Waals surface area contributed by atoms with Gasteiger partial charge in [-0.15, -0.1) is 22.9 Å². The quantitative estimate of drug-likeness (QED) is 0.681. The molecule has 5 nitrogen and oxygen atoms in total. The van der Waals surface area contributed by atoms with Crippen molar-refractivity contribution in [2.45, 2.75) is 39.2 Å². The highest BCUT2D eigenvalue weighted by Gasteiger charge is 2.17. The number of hydrogen-bond acceptors (Lipinski definition) is 4. The van der Waals surface area contributed by atoms with Gasteiger partial charge in [0.15, 0.2) is 5.65 Å². The largest absolute Gasteiger partial charge is 0.311 e. The number of imidazole rings is 1. The summed E-state index contributed by atoms with van der Waals surface area (Å²) in [6, 6.07) is 0. The Hall–Kier alpha value is -1.40. The van der Waals surface area contributed by atoms with E-state index >= 15 is 0 Å². The van der Waals surface area contributed by atoms with Crippen LogP contribution in [0.5, 0.6) is 0 Å². The molecule has 0 aliphatic heterocycles. The average Bonchev–Trinajstić information content (AvgIpc) is 3.14. The number of nitrogens with zero attached hydrogens (tertiary/aromatic N) is 5. The topological polar surface area (TPSA) is 48.5 Å². The second-order valence-corrected chi connectivity index (χ2v) is 5.60. The van der Waals surface area contributed by atoms with E-state index < -0.39 is 0 Å². The zero-order valence-corrected chi connectivity index (χ0v) is 13.1. The van der Waals surface area contributed by atoms with Crippen LogP contribution in [0.25, 0.3) is 11.2 Å². The Labute approximate surface area is 126 Å². The second-order valence-electron chi connectivity index (χ2n) is 4.62. The van der Waals surface area contributed by atoms with Gasteiger partial charge in [-0.2, -0.15) is 5.10 Å². The highest BCUT2D eigenvalue weighted by molar-refractivity contribution is 7.07. The number of thiazole rings is 1. The Bertz CT molecular complexity index is 713. The minimum Gasteiger partial charge on any atom is -0.311 e. The zero-order chi connectivity index (χ0) is 14.1. The lowest BCUT2D eigenvalue weighted by Crippen LogP contribution is -2.10. The Balaban J connectivity index is 2.02. The Morgan fingerprint density at radius 1 is 1.40 bits per heavy atom. The molecular weight excluding hydrogens is 294 g/mol. The molecule has 0 fully saturated rings. The van der Waals surface area contributed by atoms with Gasteiger partial charge in [0.2, 0.25) is 0 Å². The second kappa shape index (κ2) is 5.54. The van der Waals surface area contributed by atoms with E-state index in [-0.39, 0.29) is 0 Å². The summed E-state index contributed by atoms with van der Waals surface area (Å²) in [5.41, 5.74) is 5.95.